The fraction of sp³-hybridized carbons (Fsp3) is 0.333. The largest absolute Gasteiger partial charge is 0.480 e. The predicted molar refractivity (Wildman–Crippen MR) is 108 cm³/mol. The van der Waals surface area contributed by atoms with Crippen LogP contribution in [0.25, 0.3) is 16.6 Å². The van der Waals surface area contributed by atoms with E-state index in [1.54, 1.807) is 17.7 Å². The fourth-order valence-electron chi connectivity index (χ4n) is 4.09. The summed E-state index contributed by atoms with van der Waals surface area (Å²) < 4.78 is 6.98. The van der Waals surface area contributed by atoms with Gasteiger partial charge in [-0.3, -0.25) is 4.79 Å². The van der Waals surface area contributed by atoms with Crippen molar-refractivity contribution in [2.45, 2.75) is 25.2 Å². The van der Waals surface area contributed by atoms with Gasteiger partial charge in [0, 0.05) is 42.2 Å². The van der Waals surface area contributed by atoms with Gasteiger partial charge in [0.25, 0.3) is 0 Å². The fourth-order valence-corrected chi connectivity index (χ4v) is 4.09. The number of carbonyl (C=O) groups is 1. The first-order valence-corrected chi connectivity index (χ1v) is 9.82. The first-order chi connectivity index (χ1) is 14.2. The van der Waals surface area contributed by atoms with Gasteiger partial charge in [0.15, 0.2) is 11.5 Å². The topological polar surface area (TPSA) is 88.4 Å². The van der Waals surface area contributed by atoms with Gasteiger partial charge < -0.3 is 14.6 Å². The molecule has 8 nitrogen and oxygen atoms in total. The molecule has 0 atom stereocenters. The maximum absolute atomic E-state index is 12.8. The third kappa shape index (κ3) is 3.20. The Kier molecular flexibility index (Phi) is 4.38. The number of piperidine rings is 1. The van der Waals surface area contributed by atoms with Gasteiger partial charge in [0.1, 0.15) is 0 Å². The van der Waals surface area contributed by atoms with E-state index in [0.717, 1.165) is 35.1 Å². The number of hydrogen-bond donors (Lipinski definition) is 1. The predicted octanol–water partition coefficient (Wildman–Crippen LogP) is 2.56. The number of methoxy groups -OCH3 is 1. The molecule has 1 amide bonds. The standard InChI is InChI=1S/C21H22N6O2/c1-29-19-7-6-18-23-24-21(27(18)25-19)14-8-10-26(11-9-14)20(28)12-15-13-22-17-5-3-2-4-16(15)17/h2-7,13-14,22H,8-12H2,1H3. The van der Waals surface area contributed by atoms with Crippen LogP contribution in [0.2, 0.25) is 0 Å². The summed E-state index contributed by atoms with van der Waals surface area (Å²) in [7, 11) is 1.59. The van der Waals surface area contributed by atoms with Crippen LogP contribution >= 0.6 is 0 Å². The van der Waals surface area contributed by atoms with E-state index in [0.29, 0.717) is 31.0 Å². The van der Waals surface area contributed by atoms with E-state index in [2.05, 4.69) is 26.3 Å². The maximum Gasteiger partial charge on any atom is 0.231 e. The van der Waals surface area contributed by atoms with Crippen LogP contribution in [0, 0.1) is 0 Å². The molecule has 0 saturated carbocycles. The minimum absolute atomic E-state index is 0.166. The van der Waals surface area contributed by atoms with Gasteiger partial charge in [-0.1, -0.05) is 18.2 Å². The Morgan fingerprint density at radius 3 is 2.83 bits per heavy atom. The summed E-state index contributed by atoms with van der Waals surface area (Å²) in [4.78, 5) is 18.0. The summed E-state index contributed by atoms with van der Waals surface area (Å²) in [6.45, 7) is 1.43. The Bertz CT molecular complexity index is 1170. The zero-order valence-electron chi connectivity index (χ0n) is 16.2. The Morgan fingerprint density at radius 2 is 2.00 bits per heavy atom. The molecule has 4 aromatic rings. The van der Waals surface area contributed by atoms with Crippen LogP contribution in [0.1, 0.15) is 30.1 Å². The summed E-state index contributed by atoms with van der Waals surface area (Å²) >= 11 is 0. The van der Waals surface area contributed by atoms with E-state index in [1.807, 2.05) is 35.4 Å². The molecule has 148 valence electrons. The number of likely N-dealkylation sites (tertiary alicyclic amines) is 1. The van der Waals surface area contributed by atoms with E-state index in [-0.39, 0.29) is 11.8 Å². The number of fused-ring (bicyclic) bond motifs is 2. The Hall–Kier alpha value is -3.42. The van der Waals surface area contributed by atoms with E-state index >= 15 is 0 Å². The molecule has 0 spiro atoms. The third-order valence-electron chi connectivity index (χ3n) is 5.70. The summed E-state index contributed by atoms with van der Waals surface area (Å²) in [6, 6.07) is 11.7. The minimum Gasteiger partial charge on any atom is -0.480 e. The number of aromatic nitrogens is 5. The minimum atomic E-state index is 0.166. The van der Waals surface area contributed by atoms with Crippen LogP contribution in [0.4, 0.5) is 0 Å². The van der Waals surface area contributed by atoms with Crippen LogP contribution < -0.4 is 4.74 Å². The van der Waals surface area contributed by atoms with E-state index in [1.165, 1.54) is 0 Å². The molecule has 4 heterocycles. The molecule has 1 fully saturated rings. The molecular formula is C21H22N6O2. The third-order valence-corrected chi connectivity index (χ3v) is 5.70. The second kappa shape index (κ2) is 7.20. The summed E-state index contributed by atoms with van der Waals surface area (Å²) in [5.41, 5.74) is 2.82. The number of rotatable bonds is 4. The van der Waals surface area contributed by atoms with Gasteiger partial charge in [-0.15, -0.1) is 15.3 Å². The molecule has 1 aromatic carbocycles. The molecule has 1 N–H and O–H groups in total. The number of ether oxygens (including phenoxy) is 1. The lowest BCUT2D eigenvalue weighted by Gasteiger charge is -2.31. The summed E-state index contributed by atoms with van der Waals surface area (Å²) in [6.07, 6.45) is 4.05. The first-order valence-electron chi connectivity index (χ1n) is 9.82. The van der Waals surface area contributed by atoms with Crippen molar-refractivity contribution in [3.05, 3.63) is 54.0 Å². The lowest BCUT2D eigenvalue weighted by molar-refractivity contribution is -0.131. The summed E-state index contributed by atoms with van der Waals surface area (Å²) in [5, 5.41) is 14.1. The van der Waals surface area contributed by atoms with Crippen molar-refractivity contribution < 1.29 is 9.53 Å². The number of hydrogen-bond acceptors (Lipinski definition) is 5. The van der Waals surface area contributed by atoms with Crippen LogP contribution in [0.5, 0.6) is 5.88 Å². The molecule has 1 saturated heterocycles. The Labute approximate surface area is 167 Å². The number of carbonyl (C=O) groups excluding carboxylic acids is 1. The smallest absolute Gasteiger partial charge is 0.231 e. The van der Waals surface area contributed by atoms with Gasteiger partial charge in [0.2, 0.25) is 11.8 Å². The van der Waals surface area contributed by atoms with Crippen molar-refractivity contribution in [1.29, 1.82) is 0 Å². The van der Waals surface area contributed by atoms with E-state index in [4.69, 9.17) is 4.74 Å². The lowest BCUT2D eigenvalue weighted by Crippen LogP contribution is -2.39. The number of amides is 1. The quantitative estimate of drug-likeness (QED) is 0.579. The first kappa shape index (κ1) is 17.7. The summed E-state index contributed by atoms with van der Waals surface area (Å²) in [5.74, 6) is 1.76. The SMILES string of the molecule is COc1ccc2nnc(C3CCN(C(=O)Cc4c[nH]c5ccccc45)CC3)n2n1. The highest BCUT2D eigenvalue weighted by molar-refractivity contribution is 5.88. The molecule has 3 aromatic heterocycles. The molecule has 0 unspecified atom stereocenters. The molecule has 8 heteroatoms. The van der Waals surface area contributed by atoms with Gasteiger partial charge in [0.05, 0.1) is 13.5 Å². The van der Waals surface area contributed by atoms with E-state index < -0.39 is 0 Å². The van der Waals surface area contributed by atoms with E-state index in [9.17, 15) is 4.79 Å². The van der Waals surface area contributed by atoms with Crippen molar-refractivity contribution in [2.24, 2.45) is 0 Å². The average molecular weight is 390 g/mol. The van der Waals surface area contributed by atoms with Crippen molar-refractivity contribution in [2.75, 3.05) is 20.2 Å². The highest BCUT2D eigenvalue weighted by Crippen LogP contribution is 2.28. The molecule has 29 heavy (non-hydrogen) atoms. The maximum atomic E-state index is 12.8. The van der Waals surface area contributed by atoms with Gasteiger partial charge in [-0.05, 0) is 30.5 Å². The highest BCUT2D eigenvalue weighted by atomic mass is 16.5. The molecule has 5 rings (SSSR count). The van der Waals surface area contributed by atoms with Crippen LogP contribution in [0.3, 0.4) is 0 Å². The highest BCUT2D eigenvalue weighted by Gasteiger charge is 2.27. The number of para-hydroxylation sites is 1. The lowest BCUT2D eigenvalue weighted by atomic mass is 9.95. The number of H-pyrrole nitrogens is 1. The molecule has 1 aliphatic heterocycles. The van der Waals surface area contributed by atoms with Crippen molar-refractivity contribution >= 4 is 22.5 Å². The van der Waals surface area contributed by atoms with Crippen LogP contribution in [-0.2, 0) is 11.2 Å². The number of benzene rings is 1. The normalized spacial score (nSPS) is 15.3. The van der Waals surface area contributed by atoms with Gasteiger partial charge in [-0.25, -0.2) is 0 Å². The van der Waals surface area contributed by atoms with Crippen molar-refractivity contribution in [3.63, 3.8) is 0 Å². The molecule has 0 radical (unpaired) electrons. The average Bonchev–Trinajstić information content (AvgIpc) is 3.37. The molecule has 0 bridgehead atoms. The monoisotopic (exact) mass is 390 g/mol. The van der Waals surface area contributed by atoms with Crippen molar-refractivity contribution in [3.8, 4) is 5.88 Å². The van der Waals surface area contributed by atoms with Gasteiger partial charge in [-0.2, -0.15) is 4.52 Å². The zero-order valence-corrected chi connectivity index (χ0v) is 16.2. The zero-order chi connectivity index (χ0) is 19.8. The second-order valence-electron chi connectivity index (χ2n) is 7.40. The van der Waals surface area contributed by atoms with Crippen LogP contribution in [0.15, 0.2) is 42.6 Å². The number of aromatic amines is 1. The second-order valence-corrected chi connectivity index (χ2v) is 7.40. The molecule has 1 aliphatic rings. The van der Waals surface area contributed by atoms with Crippen molar-refractivity contribution in [1.82, 2.24) is 29.7 Å². The number of nitrogens with one attached hydrogen (secondary N) is 1. The Morgan fingerprint density at radius 1 is 1.17 bits per heavy atom. The number of nitrogens with zero attached hydrogens (tertiary/aromatic N) is 5. The molecule has 0 aliphatic carbocycles. The van der Waals surface area contributed by atoms with Gasteiger partial charge >= 0.3 is 0 Å². The Balaban J connectivity index is 1.27. The van der Waals surface area contributed by atoms with Crippen LogP contribution in [-0.4, -0.2) is 55.8 Å². The molecular weight excluding hydrogens is 368 g/mol.